The Morgan fingerprint density at radius 3 is 2.67 bits per heavy atom. The first-order valence-corrected chi connectivity index (χ1v) is 7.31. The third-order valence-corrected chi connectivity index (χ3v) is 3.95. The normalized spacial score (nSPS) is 16.3. The van der Waals surface area contributed by atoms with Crippen LogP contribution in [0.25, 0.3) is 0 Å². The van der Waals surface area contributed by atoms with Crippen molar-refractivity contribution >= 4 is 5.97 Å². The van der Waals surface area contributed by atoms with Crippen molar-refractivity contribution in [2.45, 2.75) is 44.7 Å². The molecule has 0 atom stereocenters. The van der Waals surface area contributed by atoms with Crippen LogP contribution >= 0.6 is 0 Å². The number of pyridine rings is 1. The zero-order valence-electron chi connectivity index (χ0n) is 12.3. The Labute approximate surface area is 123 Å². The summed E-state index contributed by atoms with van der Waals surface area (Å²) in [6.07, 6.45) is 7.05. The predicted octanol–water partition coefficient (Wildman–Crippen LogP) is 1.58. The second kappa shape index (κ2) is 6.76. The largest absolute Gasteiger partial charge is 0.503 e. The molecule has 1 aliphatic rings. The zero-order chi connectivity index (χ0) is 15.4. The average molecular weight is 294 g/mol. The highest BCUT2D eigenvalue weighted by molar-refractivity contribution is 5.69. The van der Waals surface area contributed by atoms with Crippen LogP contribution in [0.3, 0.4) is 0 Å². The van der Waals surface area contributed by atoms with Gasteiger partial charge in [0, 0.05) is 24.3 Å². The number of carbonyl (C=O) groups is 1. The molecule has 2 rings (SSSR count). The van der Waals surface area contributed by atoms with E-state index in [1.165, 1.54) is 18.7 Å². The molecule has 0 bridgehead atoms. The van der Waals surface area contributed by atoms with Gasteiger partial charge < -0.3 is 14.8 Å². The number of aromatic hydroxyl groups is 1. The second-order valence-corrected chi connectivity index (χ2v) is 5.78. The van der Waals surface area contributed by atoms with Gasteiger partial charge in [-0.2, -0.15) is 0 Å². The Hall–Kier alpha value is -1.82. The molecule has 2 N–H and O–H groups in total. The number of rotatable bonds is 5. The number of aromatic nitrogens is 1. The molecular weight excluding hydrogens is 272 g/mol. The third-order valence-electron chi connectivity index (χ3n) is 3.95. The number of hydrogen-bond acceptors (Lipinski definition) is 4. The lowest BCUT2D eigenvalue weighted by atomic mass is 9.95. The van der Waals surface area contributed by atoms with E-state index in [9.17, 15) is 14.7 Å². The van der Waals surface area contributed by atoms with Crippen molar-refractivity contribution in [3.63, 3.8) is 0 Å². The van der Waals surface area contributed by atoms with Gasteiger partial charge in [-0.25, -0.2) is 0 Å². The van der Waals surface area contributed by atoms with E-state index in [4.69, 9.17) is 5.11 Å². The summed E-state index contributed by atoms with van der Waals surface area (Å²) in [4.78, 5) is 24.1. The molecule has 1 aliphatic carbocycles. The van der Waals surface area contributed by atoms with E-state index < -0.39 is 11.4 Å². The molecule has 0 amide bonds. The van der Waals surface area contributed by atoms with Gasteiger partial charge in [-0.05, 0) is 19.9 Å². The van der Waals surface area contributed by atoms with Gasteiger partial charge in [0.25, 0.3) is 0 Å². The van der Waals surface area contributed by atoms with Crippen LogP contribution in [0, 0.1) is 0 Å². The highest BCUT2D eigenvalue weighted by Gasteiger charge is 2.19. The highest BCUT2D eigenvalue weighted by atomic mass is 16.4. The van der Waals surface area contributed by atoms with Gasteiger partial charge in [0.1, 0.15) is 0 Å². The summed E-state index contributed by atoms with van der Waals surface area (Å²) in [5.41, 5.74) is 0.342. The van der Waals surface area contributed by atoms with Crippen molar-refractivity contribution < 1.29 is 15.0 Å². The number of nitrogens with zero attached hydrogens (tertiary/aromatic N) is 2. The lowest BCUT2D eigenvalue weighted by Gasteiger charge is -2.28. The summed E-state index contributed by atoms with van der Waals surface area (Å²) >= 11 is 0. The first-order chi connectivity index (χ1) is 9.97. The van der Waals surface area contributed by atoms with Crippen LogP contribution in [0.1, 0.15) is 43.8 Å². The number of hydrogen-bond donors (Lipinski definition) is 2. The number of aliphatic carboxylic acids is 1. The third kappa shape index (κ3) is 4.07. The maximum atomic E-state index is 11.7. The Morgan fingerprint density at radius 2 is 2.05 bits per heavy atom. The monoisotopic (exact) mass is 294 g/mol. The zero-order valence-corrected chi connectivity index (χ0v) is 12.3. The quantitative estimate of drug-likeness (QED) is 0.861. The van der Waals surface area contributed by atoms with E-state index >= 15 is 0 Å². The molecule has 0 radical (unpaired) electrons. The highest BCUT2D eigenvalue weighted by Crippen LogP contribution is 2.29. The maximum absolute atomic E-state index is 11.7. The predicted molar refractivity (Wildman–Crippen MR) is 78.5 cm³/mol. The molecule has 1 saturated carbocycles. The Morgan fingerprint density at radius 1 is 1.38 bits per heavy atom. The summed E-state index contributed by atoms with van der Waals surface area (Å²) < 4.78 is 1.95. The molecule has 21 heavy (non-hydrogen) atoms. The minimum atomic E-state index is -0.900. The van der Waals surface area contributed by atoms with Crippen molar-refractivity contribution in [3.05, 3.63) is 28.2 Å². The van der Waals surface area contributed by atoms with Crippen LogP contribution in [-0.2, 0) is 11.3 Å². The van der Waals surface area contributed by atoms with Gasteiger partial charge in [0.05, 0.1) is 12.7 Å². The van der Waals surface area contributed by atoms with Gasteiger partial charge in [0.15, 0.2) is 5.75 Å². The van der Waals surface area contributed by atoms with Crippen LogP contribution < -0.4 is 5.43 Å². The number of likely N-dealkylation sites (N-methyl/N-ethyl adjacent to an activating group) is 1. The molecule has 0 unspecified atom stereocenters. The molecule has 6 nitrogen and oxygen atoms in total. The molecule has 0 aromatic carbocycles. The fourth-order valence-electron chi connectivity index (χ4n) is 2.97. The topological polar surface area (TPSA) is 82.8 Å². The summed E-state index contributed by atoms with van der Waals surface area (Å²) in [7, 11) is 1.71. The van der Waals surface area contributed by atoms with E-state index in [0.29, 0.717) is 6.54 Å². The maximum Gasteiger partial charge on any atom is 0.317 e. The molecule has 1 aromatic rings. The SMILES string of the molecule is CN(CC(=O)O)Cc1cc(=O)c(O)cn1C1CCCCC1. The van der Waals surface area contributed by atoms with Crippen molar-refractivity contribution in [3.8, 4) is 5.75 Å². The minimum absolute atomic E-state index is 0.0836. The Balaban J connectivity index is 2.27. The number of carboxylic acid groups (broad SMARTS) is 1. The fourth-order valence-corrected chi connectivity index (χ4v) is 2.97. The average Bonchev–Trinajstić information content (AvgIpc) is 2.42. The van der Waals surface area contributed by atoms with Crippen LogP contribution in [-0.4, -0.2) is 39.2 Å². The number of carboxylic acids is 1. The van der Waals surface area contributed by atoms with Crippen LogP contribution in [0.2, 0.25) is 0 Å². The van der Waals surface area contributed by atoms with Gasteiger partial charge in [-0.3, -0.25) is 14.5 Å². The van der Waals surface area contributed by atoms with Gasteiger partial charge in [0.2, 0.25) is 5.43 Å². The molecule has 1 heterocycles. The van der Waals surface area contributed by atoms with Crippen molar-refractivity contribution in [2.24, 2.45) is 0 Å². The second-order valence-electron chi connectivity index (χ2n) is 5.78. The van der Waals surface area contributed by atoms with Crippen molar-refractivity contribution in [2.75, 3.05) is 13.6 Å². The summed E-state index contributed by atoms with van der Waals surface area (Å²) in [6, 6.07) is 1.70. The lowest BCUT2D eigenvalue weighted by Crippen LogP contribution is -2.29. The van der Waals surface area contributed by atoms with Gasteiger partial charge >= 0.3 is 5.97 Å². The molecule has 1 aromatic heterocycles. The molecule has 116 valence electrons. The Bertz CT molecular complexity index is 561. The van der Waals surface area contributed by atoms with Crippen LogP contribution in [0.15, 0.2) is 17.1 Å². The molecule has 6 heteroatoms. The summed E-state index contributed by atoms with van der Waals surface area (Å²) in [5.74, 6) is -1.15. The van der Waals surface area contributed by atoms with Gasteiger partial charge in [-0.1, -0.05) is 19.3 Å². The molecule has 0 spiro atoms. The molecular formula is C15H22N2O4. The first-order valence-electron chi connectivity index (χ1n) is 7.31. The summed E-state index contributed by atoms with van der Waals surface area (Å²) in [5, 5.41) is 18.5. The van der Waals surface area contributed by atoms with E-state index in [1.54, 1.807) is 11.9 Å². The van der Waals surface area contributed by atoms with Crippen LogP contribution in [0.5, 0.6) is 5.75 Å². The summed E-state index contributed by atoms with van der Waals surface area (Å²) in [6.45, 7) is 0.290. The fraction of sp³-hybridized carbons (Fsp3) is 0.600. The standard InChI is InChI=1S/C15H22N2O4/c1-16(10-15(20)21)8-12-7-13(18)14(19)9-17(12)11-5-3-2-4-6-11/h7,9,11,19H,2-6,8,10H2,1H3,(H,20,21). The van der Waals surface area contributed by atoms with E-state index in [0.717, 1.165) is 31.4 Å². The Kier molecular flexibility index (Phi) is 5.01. The minimum Gasteiger partial charge on any atom is -0.503 e. The first kappa shape index (κ1) is 15.6. The molecule has 1 fully saturated rings. The van der Waals surface area contributed by atoms with Crippen molar-refractivity contribution in [1.82, 2.24) is 9.47 Å². The van der Waals surface area contributed by atoms with Crippen molar-refractivity contribution in [1.29, 1.82) is 0 Å². The molecule has 0 aliphatic heterocycles. The lowest BCUT2D eigenvalue weighted by molar-refractivity contribution is -0.138. The van der Waals surface area contributed by atoms with E-state index in [2.05, 4.69) is 0 Å². The van der Waals surface area contributed by atoms with E-state index in [-0.39, 0.29) is 18.3 Å². The van der Waals surface area contributed by atoms with Gasteiger partial charge in [-0.15, -0.1) is 0 Å². The molecule has 0 saturated heterocycles. The van der Waals surface area contributed by atoms with E-state index in [1.807, 2.05) is 4.57 Å². The smallest absolute Gasteiger partial charge is 0.317 e. The van der Waals surface area contributed by atoms with Crippen LogP contribution in [0.4, 0.5) is 0 Å².